The van der Waals surface area contributed by atoms with Gasteiger partial charge in [0, 0.05) is 39.5 Å². The van der Waals surface area contributed by atoms with Crippen LogP contribution >= 0.6 is 0 Å². The van der Waals surface area contributed by atoms with Crippen LogP contribution in [-0.2, 0) is 20.0 Å². The molecule has 4 rings (SSSR count). The van der Waals surface area contributed by atoms with Gasteiger partial charge >= 0.3 is 0 Å². The van der Waals surface area contributed by atoms with Crippen LogP contribution in [0.25, 0.3) is 11.6 Å². The minimum atomic E-state index is 0.839. The SMILES string of the molecule is CCc1cc(C2=CCNCC2)ccc1N(C)C1=Cc2c(ncn2C)CN1C. The van der Waals surface area contributed by atoms with Gasteiger partial charge in [-0.25, -0.2) is 4.98 Å². The molecule has 1 N–H and O–H groups in total. The minimum Gasteiger partial charge on any atom is -0.355 e. The van der Waals surface area contributed by atoms with Crippen molar-refractivity contribution < 1.29 is 0 Å². The number of hydrogen-bond acceptors (Lipinski definition) is 4. The van der Waals surface area contributed by atoms with Crippen LogP contribution in [0.15, 0.2) is 36.4 Å². The van der Waals surface area contributed by atoms with E-state index in [-0.39, 0.29) is 0 Å². The van der Waals surface area contributed by atoms with Gasteiger partial charge in [0.25, 0.3) is 0 Å². The second-order valence-corrected chi connectivity index (χ2v) is 7.49. The molecular weight excluding hydrogens is 334 g/mol. The summed E-state index contributed by atoms with van der Waals surface area (Å²) in [5.41, 5.74) is 7.83. The van der Waals surface area contributed by atoms with Gasteiger partial charge < -0.3 is 19.7 Å². The molecule has 27 heavy (non-hydrogen) atoms. The number of aromatic nitrogens is 2. The molecule has 1 aromatic heterocycles. The molecule has 0 atom stereocenters. The van der Waals surface area contributed by atoms with Crippen LogP contribution in [0.1, 0.15) is 35.9 Å². The fourth-order valence-corrected chi connectivity index (χ4v) is 4.09. The third kappa shape index (κ3) is 3.28. The molecule has 2 aliphatic heterocycles. The molecule has 0 unspecified atom stereocenters. The molecule has 1 aromatic carbocycles. The van der Waals surface area contributed by atoms with Crippen LogP contribution in [0.4, 0.5) is 5.69 Å². The average molecular weight is 364 g/mol. The highest BCUT2D eigenvalue weighted by Crippen LogP contribution is 2.32. The molecule has 3 heterocycles. The first-order valence-electron chi connectivity index (χ1n) is 9.78. The van der Waals surface area contributed by atoms with E-state index in [9.17, 15) is 0 Å². The Bertz CT molecular complexity index is 905. The highest BCUT2D eigenvalue weighted by Gasteiger charge is 2.23. The van der Waals surface area contributed by atoms with Crippen LogP contribution < -0.4 is 10.2 Å². The summed E-state index contributed by atoms with van der Waals surface area (Å²) in [6.45, 7) is 5.13. The molecule has 0 bridgehead atoms. The van der Waals surface area contributed by atoms with Gasteiger partial charge in [0.05, 0.1) is 24.3 Å². The largest absolute Gasteiger partial charge is 0.355 e. The first kappa shape index (κ1) is 17.9. The number of rotatable bonds is 4. The second-order valence-electron chi connectivity index (χ2n) is 7.49. The number of aryl methyl sites for hydroxylation is 2. The molecule has 0 amide bonds. The van der Waals surface area contributed by atoms with Crippen molar-refractivity contribution in [3.8, 4) is 0 Å². The van der Waals surface area contributed by atoms with Crippen LogP contribution in [0, 0.1) is 0 Å². The Labute approximate surface area is 162 Å². The van der Waals surface area contributed by atoms with E-state index in [1.165, 1.54) is 33.9 Å². The van der Waals surface area contributed by atoms with E-state index in [0.29, 0.717) is 0 Å². The molecule has 0 saturated heterocycles. The molecule has 0 aliphatic carbocycles. The Morgan fingerprint density at radius 2 is 2.11 bits per heavy atom. The normalized spacial score (nSPS) is 16.7. The Morgan fingerprint density at radius 1 is 1.26 bits per heavy atom. The van der Waals surface area contributed by atoms with Gasteiger partial charge in [-0.2, -0.15) is 0 Å². The number of hydrogen-bond donors (Lipinski definition) is 1. The lowest BCUT2D eigenvalue weighted by molar-refractivity contribution is 0.393. The lowest BCUT2D eigenvalue weighted by atomic mass is 9.96. The summed E-state index contributed by atoms with van der Waals surface area (Å²) in [6.07, 6.45) is 8.59. The van der Waals surface area contributed by atoms with Gasteiger partial charge in [0.1, 0.15) is 5.82 Å². The Hall–Kier alpha value is -2.53. The van der Waals surface area contributed by atoms with Gasteiger partial charge in [-0.15, -0.1) is 0 Å². The standard InChI is InChI=1S/C22H29N5/c1-5-16-12-18(17-8-10-23-11-9-17)6-7-20(16)27(4)22-13-21-19(14-25(22)2)24-15-26(21)3/h6-8,12-13,15,23H,5,9-11,14H2,1-4H3. The quantitative estimate of drug-likeness (QED) is 0.905. The van der Waals surface area contributed by atoms with Crippen LogP contribution in [0.2, 0.25) is 0 Å². The molecule has 0 spiro atoms. The summed E-state index contributed by atoms with van der Waals surface area (Å²) in [5, 5.41) is 3.40. The molecular formula is C22H29N5. The summed E-state index contributed by atoms with van der Waals surface area (Å²) in [6, 6.07) is 6.94. The number of anilines is 1. The van der Waals surface area contributed by atoms with E-state index in [0.717, 1.165) is 38.2 Å². The lowest BCUT2D eigenvalue weighted by Crippen LogP contribution is -2.33. The smallest absolute Gasteiger partial charge is 0.110 e. The Kier molecular flexibility index (Phi) is 4.79. The predicted octanol–water partition coefficient (Wildman–Crippen LogP) is 3.24. The summed E-state index contributed by atoms with van der Waals surface area (Å²) in [7, 11) is 6.37. The minimum absolute atomic E-state index is 0.839. The zero-order chi connectivity index (χ0) is 19.0. The summed E-state index contributed by atoms with van der Waals surface area (Å²) >= 11 is 0. The molecule has 0 saturated carbocycles. The van der Waals surface area contributed by atoms with E-state index < -0.39 is 0 Å². The predicted molar refractivity (Wildman–Crippen MR) is 112 cm³/mol. The number of nitrogens with zero attached hydrogens (tertiary/aromatic N) is 4. The molecule has 2 aliphatic rings. The van der Waals surface area contributed by atoms with Gasteiger partial charge in [-0.3, -0.25) is 0 Å². The average Bonchev–Trinajstić information content (AvgIpc) is 3.06. The number of benzene rings is 1. The third-order valence-corrected chi connectivity index (χ3v) is 5.71. The molecule has 142 valence electrons. The molecule has 0 radical (unpaired) electrons. The van der Waals surface area contributed by atoms with Crippen molar-refractivity contribution in [2.24, 2.45) is 7.05 Å². The van der Waals surface area contributed by atoms with Gasteiger partial charge in [-0.05, 0) is 48.2 Å². The monoisotopic (exact) mass is 363 g/mol. The van der Waals surface area contributed by atoms with E-state index >= 15 is 0 Å². The van der Waals surface area contributed by atoms with E-state index in [4.69, 9.17) is 0 Å². The highest BCUT2D eigenvalue weighted by atomic mass is 15.3. The van der Waals surface area contributed by atoms with Crippen molar-refractivity contribution >= 4 is 17.3 Å². The molecule has 5 nitrogen and oxygen atoms in total. The number of nitrogens with one attached hydrogen (secondary N) is 1. The zero-order valence-electron chi connectivity index (χ0n) is 16.8. The highest BCUT2D eigenvalue weighted by molar-refractivity contribution is 5.72. The van der Waals surface area contributed by atoms with Crippen LogP contribution in [0.3, 0.4) is 0 Å². The molecule has 5 heteroatoms. The van der Waals surface area contributed by atoms with E-state index in [2.05, 4.69) is 83.1 Å². The Balaban J connectivity index is 1.69. The fourth-order valence-electron chi connectivity index (χ4n) is 4.09. The van der Waals surface area contributed by atoms with Crippen molar-refractivity contribution in [2.75, 3.05) is 32.1 Å². The van der Waals surface area contributed by atoms with Crippen LogP contribution in [0.5, 0.6) is 0 Å². The fraction of sp³-hybridized carbons (Fsp3) is 0.409. The molecule has 2 aromatic rings. The zero-order valence-corrected chi connectivity index (χ0v) is 16.8. The summed E-state index contributed by atoms with van der Waals surface area (Å²) in [5.74, 6) is 1.20. The van der Waals surface area contributed by atoms with Crippen molar-refractivity contribution in [2.45, 2.75) is 26.3 Å². The maximum Gasteiger partial charge on any atom is 0.110 e. The van der Waals surface area contributed by atoms with Gasteiger partial charge in [0.2, 0.25) is 0 Å². The van der Waals surface area contributed by atoms with Crippen molar-refractivity contribution in [3.05, 3.63) is 58.9 Å². The van der Waals surface area contributed by atoms with Crippen LogP contribution in [-0.4, -0.2) is 41.6 Å². The second kappa shape index (κ2) is 7.24. The lowest BCUT2D eigenvalue weighted by Gasteiger charge is -2.34. The molecule has 0 fully saturated rings. The van der Waals surface area contributed by atoms with E-state index in [1.807, 2.05) is 6.33 Å². The van der Waals surface area contributed by atoms with Crippen molar-refractivity contribution in [3.63, 3.8) is 0 Å². The summed E-state index contributed by atoms with van der Waals surface area (Å²) in [4.78, 5) is 9.11. The topological polar surface area (TPSA) is 36.3 Å². The first-order valence-corrected chi connectivity index (χ1v) is 9.78. The van der Waals surface area contributed by atoms with E-state index in [1.54, 1.807) is 0 Å². The number of imidazole rings is 1. The summed E-state index contributed by atoms with van der Waals surface area (Å²) < 4.78 is 2.10. The maximum atomic E-state index is 4.52. The first-order chi connectivity index (χ1) is 13.1. The number of fused-ring (bicyclic) bond motifs is 1. The maximum absolute atomic E-state index is 4.52. The Morgan fingerprint density at radius 3 is 2.85 bits per heavy atom. The van der Waals surface area contributed by atoms with Gasteiger partial charge in [-0.1, -0.05) is 19.1 Å². The van der Waals surface area contributed by atoms with Crippen molar-refractivity contribution in [1.82, 2.24) is 19.8 Å². The third-order valence-electron chi connectivity index (χ3n) is 5.71. The van der Waals surface area contributed by atoms with Gasteiger partial charge in [0.15, 0.2) is 0 Å². The van der Waals surface area contributed by atoms with Crippen molar-refractivity contribution in [1.29, 1.82) is 0 Å².